The maximum Gasteiger partial charge on any atom is 0.176 e. The molecule has 2 aromatic rings. The van der Waals surface area contributed by atoms with Crippen molar-refractivity contribution in [1.82, 2.24) is 9.97 Å². The van der Waals surface area contributed by atoms with E-state index in [9.17, 15) is 4.79 Å². The molecule has 12 heavy (non-hydrogen) atoms. The van der Waals surface area contributed by atoms with Gasteiger partial charge in [-0.15, -0.1) is 11.3 Å². The van der Waals surface area contributed by atoms with Gasteiger partial charge in [0.2, 0.25) is 0 Å². The first-order valence-corrected chi connectivity index (χ1v) is 4.45. The molecule has 0 atom stereocenters. The van der Waals surface area contributed by atoms with E-state index in [-0.39, 0.29) is 5.78 Å². The zero-order chi connectivity index (χ0) is 8.72. The van der Waals surface area contributed by atoms with Crippen LogP contribution in [0.3, 0.4) is 0 Å². The minimum atomic E-state index is 0.0536. The summed E-state index contributed by atoms with van der Waals surface area (Å²) in [4.78, 5) is 18.1. The van der Waals surface area contributed by atoms with Gasteiger partial charge in [-0.05, 0) is 13.0 Å². The zero-order valence-corrected chi connectivity index (χ0v) is 7.66. The maximum absolute atomic E-state index is 10.9. The summed E-state index contributed by atoms with van der Waals surface area (Å²) in [6, 6.07) is 1.85. The van der Waals surface area contributed by atoms with E-state index in [1.807, 2.05) is 13.0 Å². The molecule has 0 fully saturated rings. The number of ketones is 1. The molecule has 0 aliphatic rings. The van der Waals surface area contributed by atoms with Gasteiger partial charge < -0.3 is 4.98 Å². The van der Waals surface area contributed by atoms with Crippen molar-refractivity contribution in [2.24, 2.45) is 0 Å². The van der Waals surface area contributed by atoms with Crippen LogP contribution in [0.25, 0.3) is 10.3 Å². The molecule has 0 unspecified atom stereocenters. The minimum Gasteiger partial charge on any atom is -0.336 e. The van der Waals surface area contributed by atoms with Crippen LogP contribution in [0.2, 0.25) is 0 Å². The molecule has 0 aromatic carbocycles. The van der Waals surface area contributed by atoms with E-state index in [4.69, 9.17) is 0 Å². The van der Waals surface area contributed by atoms with Gasteiger partial charge in [-0.3, -0.25) is 4.79 Å². The lowest BCUT2D eigenvalue weighted by molar-refractivity contribution is 0.101. The molecule has 0 saturated heterocycles. The second-order valence-electron chi connectivity index (χ2n) is 2.68. The summed E-state index contributed by atoms with van der Waals surface area (Å²) in [5.41, 5.74) is 1.46. The third kappa shape index (κ3) is 1.04. The molecule has 0 spiro atoms. The Morgan fingerprint density at radius 2 is 2.42 bits per heavy atom. The summed E-state index contributed by atoms with van der Waals surface area (Å²) in [6.45, 7) is 3.49. The molecule has 3 nitrogen and oxygen atoms in total. The lowest BCUT2D eigenvalue weighted by Crippen LogP contribution is -1.90. The van der Waals surface area contributed by atoms with Crippen molar-refractivity contribution >= 4 is 27.5 Å². The molecule has 2 heterocycles. The van der Waals surface area contributed by atoms with Crippen molar-refractivity contribution in [1.29, 1.82) is 0 Å². The lowest BCUT2D eigenvalue weighted by Gasteiger charge is -1.84. The van der Waals surface area contributed by atoms with Gasteiger partial charge >= 0.3 is 0 Å². The standard InChI is InChI=1S/C8H8N2OS/c1-4(11)6-3-7-8(10-6)9-5(2)12-7/h3,10H,1-2H3. The number of hydrogen-bond donors (Lipinski definition) is 1. The van der Waals surface area contributed by atoms with Gasteiger partial charge in [-0.2, -0.15) is 0 Å². The van der Waals surface area contributed by atoms with Crippen molar-refractivity contribution in [2.75, 3.05) is 0 Å². The van der Waals surface area contributed by atoms with Crippen LogP contribution < -0.4 is 0 Å². The number of nitrogens with zero attached hydrogens (tertiary/aromatic N) is 1. The molecule has 0 radical (unpaired) electrons. The van der Waals surface area contributed by atoms with Crippen molar-refractivity contribution in [3.63, 3.8) is 0 Å². The number of carbonyl (C=O) groups is 1. The summed E-state index contributed by atoms with van der Waals surface area (Å²) in [5.74, 6) is 0.0536. The van der Waals surface area contributed by atoms with Crippen LogP contribution >= 0.6 is 11.3 Å². The highest BCUT2D eigenvalue weighted by atomic mass is 32.1. The summed E-state index contributed by atoms with van der Waals surface area (Å²) in [7, 11) is 0. The van der Waals surface area contributed by atoms with Gasteiger partial charge in [0.05, 0.1) is 15.4 Å². The van der Waals surface area contributed by atoms with E-state index in [0.29, 0.717) is 5.69 Å². The van der Waals surface area contributed by atoms with Crippen LogP contribution in [0.1, 0.15) is 22.4 Å². The number of Topliss-reactive ketones (excluding diaryl/α,β-unsaturated/α-hetero) is 1. The maximum atomic E-state index is 10.9. The van der Waals surface area contributed by atoms with Gasteiger partial charge in [0, 0.05) is 6.92 Å². The predicted molar refractivity (Wildman–Crippen MR) is 48.7 cm³/mol. The molecule has 0 amide bonds. The molecular weight excluding hydrogens is 172 g/mol. The van der Waals surface area contributed by atoms with Gasteiger partial charge in [0.1, 0.15) is 5.65 Å². The van der Waals surface area contributed by atoms with Crippen molar-refractivity contribution in [3.8, 4) is 0 Å². The van der Waals surface area contributed by atoms with Crippen LogP contribution in [0.5, 0.6) is 0 Å². The Kier molecular flexibility index (Phi) is 1.51. The monoisotopic (exact) mass is 180 g/mol. The normalized spacial score (nSPS) is 10.8. The Hall–Kier alpha value is -1.16. The molecule has 0 aliphatic heterocycles. The Labute approximate surface area is 73.4 Å². The quantitative estimate of drug-likeness (QED) is 0.683. The number of carbonyl (C=O) groups excluding carboxylic acids is 1. The summed E-state index contributed by atoms with van der Waals surface area (Å²) < 4.78 is 1.05. The van der Waals surface area contributed by atoms with Gasteiger partial charge in [0.25, 0.3) is 0 Å². The van der Waals surface area contributed by atoms with Gasteiger partial charge in [-0.1, -0.05) is 0 Å². The summed E-state index contributed by atoms with van der Waals surface area (Å²) >= 11 is 1.60. The first-order valence-electron chi connectivity index (χ1n) is 3.64. The third-order valence-corrected chi connectivity index (χ3v) is 2.59. The van der Waals surface area contributed by atoms with E-state index in [1.165, 1.54) is 0 Å². The molecule has 0 saturated carbocycles. The second-order valence-corrected chi connectivity index (χ2v) is 3.92. The van der Waals surface area contributed by atoms with Crippen molar-refractivity contribution in [3.05, 3.63) is 16.8 Å². The number of fused-ring (bicyclic) bond motifs is 1. The highest BCUT2D eigenvalue weighted by molar-refractivity contribution is 7.18. The number of thiazole rings is 1. The number of aromatic amines is 1. The SMILES string of the molecule is CC(=O)c1cc2sc(C)nc2[nH]1. The summed E-state index contributed by atoms with van der Waals surface area (Å²) in [5, 5.41) is 1.02. The van der Waals surface area contributed by atoms with E-state index >= 15 is 0 Å². The molecule has 1 N–H and O–H groups in total. The Balaban J connectivity index is 2.64. The fourth-order valence-electron chi connectivity index (χ4n) is 1.11. The topological polar surface area (TPSA) is 45.8 Å². The Bertz CT molecular complexity index is 409. The first-order chi connectivity index (χ1) is 5.66. The fraction of sp³-hybridized carbons (Fsp3) is 0.250. The molecule has 0 bridgehead atoms. The van der Waals surface area contributed by atoms with Gasteiger partial charge in [-0.25, -0.2) is 4.98 Å². The smallest absolute Gasteiger partial charge is 0.176 e. The zero-order valence-electron chi connectivity index (χ0n) is 6.84. The predicted octanol–water partition coefficient (Wildman–Crippen LogP) is 2.14. The van der Waals surface area contributed by atoms with Crippen LogP contribution in [-0.4, -0.2) is 15.8 Å². The molecule has 2 rings (SSSR count). The number of aromatic nitrogens is 2. The minimum absolute atomic E-state index is 0.0536. The van der Waals surface area contributed by atoms with Crippen molar-refractivity contribution in [2.45, 2.75) is 13.8 Å². The Morgan fingerprint density at radius 3 is 3.00 bits per heavy atom. The second kappa shape index (κ2) is 2.42. The third-order valence-electron chi connectivity index (χ3n) is 1.67. The number of rotatable bonds is 1. The number of hydrogen-bond acceptors (Lipinski definition) is 3. The molecule has 4 heteroatoms. The first kappa shape index (κ1) is 7.49. The van der Waals surface area contributed by atoms with Gasteiger partial charge in [0.15, 0.2) is 5.78 Å². The number of nitrogens with one attached hydrogen (secondary N) is 1. The molecule has 62 valence electrons. The summed E-state index contributed by atoms with van der Waals surface area (Å²) in [6.07, 6.45) is 0. The number of aryl methyl sites for hydroxylation is 1. The molecular formula is C8H8N2OS. The fourth-order valence-corrected chi connectivity index (χ4v) is 1.94. The average molecular weight is 180 g/mol. The average Bonchev–Trinajstić information content (AvgIpc) is 2.42. The van der Waals surface area contributed by atoms with E-state index in [1.54, 1.807) is 18.3 Å². The van der Waals surface area contributed by atoms with E-state index in [0.717, 1.165) is 15.4 Å². The number of H-pyrrole nitrogens is 1. The molecule has 0 aliphatic carbocycles. The highest BCUT2D eigenvalue weighted by Crippen LogP contribution is 2.21. The van der Waals surface area contributed by atoms with E-state index in [2.05, 4.69) is 9.97 Å². The largest absolute Gasteiger partial charge is 0.336 e. The Morgan fingerprint density at radius 1 is 1.67 bits per heavy atom. The highest BCUT2D eigenvalue weighted by Gasteiger charge is 2.07. The van der Waals surface area contributed by atoms with Crippen LogP contribution in [0.15, 0.2) is 6.07 Å². The van der Waals surface area contributed by atoms with Crippen LogP contribution in [0.4, 0.5) is 0 Å². The van der Waals surface area contributed by atoms with Crippen molar-refractivity contribution < 1.29 is 4.79 Å². The van der Waals surface area contributed by atoms with Crippen LogP contribution in [0, 0.1) is 6.92 Å². The van der Waals surface area contributed by atoms with Crippen LogP contribution in [-0.2, 0) is 0 Å². The molecule has 2 aromatic heterocycles. The lowest BCUT2D eigenvalue weighted by atomic mass is 10.3. The van der Waals surface area contributed by atoms with E-state index < -0.39 is 0 Å².